The van der Waals surface area contributed by atoms with Crippen LogP contribution in [0.25, 0.3) is 0 Å². The fraction of sp³-hybridized carbons (Fsp3) is 0.700. The molecule has 0 unspecified atom stereocenters. The van der Waals surface area contributed by atoms with Gasteiger partial charge in [-0.05, 0) is 19.9 Å². The summed E-state index contributed by atoms with van der Waals surface area (Å²) in [6.07, 6.45) is 0. The van der Waals surface area contributed by atoms with Crippen LogP contribution in [0.2, 0.25) is 0 Å². The van der Waals surface area contributed by atoms with E-state index < -0.39 is 0 Å². The summed E-state index contributed by atoms with van der Waals surface area (Å²) < 4.78 is 2.05. The molecule has 3 heteroatoms. The van der Waals surface area contributed by atoms with Crippen LogP contribution in [0.3, 0.4) is 0 Å². The van der Waals surface area contributed by atoms with Crippen molar-refractivity contribution in [1.82, 2.24) is 15.1 Å². The van der Waals surface area contributed by atoms with E-state index in [-0.39, 0.29) is 0 Å². The molecule has 13 heavy (non-hydrogen) atoms. The summed E-state index contributed by atoms with van der Waals surface area (Å²) in [6.45, 7) is 10.3. The fourth-order valence-electron chi connectivity index (χ4n) is 1.32. The van der Waals surface area contributed by atoms with E-state index in [1.54, 1.807) is 0 Å². The van der Waals surface area contributed by atoms with Gasteiger partial charge in [-0.25, -0.2) is 0 Å². The minimum atomic E-state index is 0.528. The molecule has 74 valence electrons. The van der Waals surface area contributed by atoms with Crippen LogP contribution >= 0.6 is 0 Å². The first-order valence-corrected chi connectivity index (χ1v) is 4.90. The molecular formula is C10H19N3. The second kappa shape index (κ2) is 4.42. The SMILES string of the molecule is CCn1nc(C)cc1CNC(C)C. The van der Waals surface area contributed by atoms with Crippen LogP contribution in [0.4, 0.5) is 0 Å². The van der Waals surface area contributed by atoms with Crippen molar-refractivity contribution in [2.75, 3.05) is 0 Å². The third-order valence-corrected chi connectivity index (χ3v) is 1.98. The van der Waals surface area contributed by atoms with Crippen molar-refractivity contribution in [2.45, 2.75) is 46.8 Å². The van der Waals surface area contributed by atoms with Crippen molar-refractivity contribution in [1.29, 1.82) is 0 Å². The molecule has 0 saturated carbocycles. The van der Waals surface area contributed by atoms with Gasteiger partial charge in [-0.15, -0.1) is 0 Å². The molecule has 0 fully saturated rings. The topological polar surface area (TPSA) is 29.9 Å². The highest BCUT2D eigenvalue weighted by Crippen LogP contribution is 2.03. The van der Waals surface area contributed by atoms with Gasteiger partial charge >= 0.3 is 0 Å². The number of nitrogens with one attached hydrogen (secondary N) is 1. The maximum Gasteiger partial charge on any atom is 0.0597 e. The summed E-state index contributed by atoms with van der Waals surface area (Å²) in [5.41, 5.74) is 2.37. The Morgan fingerprint density at radius 1 is 1.54 bits per heavy atom. The van der Waals surface area contributed by atoms with Gasteiger partial charge in [-0.1, -0.05) is 13.8 Å². The molecule has 0 bridgehead atoms. The molecule has 0 atom stereocenters. The number of aromatic nitrogens is 2. The van der Waals surface area contributed by atoms with Crippen molar-refractivity contribution < 1.29 is 0 Å². The highest BCUT2D eigenvalue weighted by molar-refractivity contribution is 5.08. The molecule has 1 N–H and O–H groups in total. The van der Waals surface area contributed by atoms with Gasteiger partial charge < -0.3 is 5.32 Å². The van der Waals surface area contributed by atoms with Gasteiger partial charge in [0.2, 0.25) is 0 Å². The molecule has 0 spiro atoms. The fourth-order valence-corrected chi connectivity index (χ4v) is 1.32. The standard InChI is InChI=1S/C10H19N3/c1-5-13-10(6-9(4)12-13)7-11-8(2)3/h6,8,11H,5,7H2,1-4H3. The smallest absolute Gasteiger partial charge is 0.0597 e. The lowest BCUT2D eigenvalue weighted by molar-refractivity contribution is 0.539. The quantitative estimate of drug-likeness (QED) is 0.766. The van der Waals surface area contributed by atoms with Crippen LogP contribution in [-0.2, 0) is 13.1 Å². The third kappa shape index (κ3) is 2.84. The average Bonchev–Trinajstić information content (AvgIpc) is 2.42. The second-order valence-electron chi connectivity index (χ2n) is 3.63. The number of rotatable bonds is 4. The Bertz CT molecular complexity index is 263. The molecule has 0 amide bonds. The zero-order valence-electron chi connectivity index (χ0n) is 8.96. The molecule has 1 heterocycles. The van der Waals surface area contributed by atoms with Gasteiger partial charge in [-0.3, -0.25) is 4.68 Å². The zero-order chi connectivity index (χ0) is 9.84. The van der Waals surface area contributed by atoms with Crippen LogP contribution in [0.1, 0.15) is 32.2 Å². The van der Waals surface area contributed by atoms with E-state index in [0.717, 1.165) is 18.8 Å². The van der Waals surface area contributed by atoms with E-state index in [0.29, 0.717) is 6.04 Å². The molecule has 0 saturated heterocycles. The highest BCUT2D eigenvalue weighted by Gasteiger charge is 2.03. The van der Waals surface area contributed by atoms with Crippen molar-refractivity contribution in [3.63, 3.8) is 0 Å². The van der Waals surface area contributed by atoms with Crippen molar-refractivity contribution in [3.8, 4) is 0 Å². The van der Waals surface area contributed by atoms with Crippen molar-refractivity contribution in [2.24, 2.45) is 0 Å². The van der Waals surface area contributed by atoms with Crippen LogP contribution in [-0.4, -0.2) is 15.8 Å². The maximum atomic E-state index is 4.38. The van der Waals surface area contributed by atoms with Crippen LogP contribution in [0.5, 0.6) is 0 Å². The Kier molecular flexibility index (Phi) is 3.48. The van der Waals surface area contributed by atoms with Crippen LogP contribution in [0, 0.1) is 6.92 Å². The van der Waals surface area contributed by atoms with Gasteiger partial charge in [0.15, 0.2) is 0 Å². The molecule has 0 aromatic carbocycles. The number of hydrogen-bond acceptors (Lipinski definition) is 2. The monoisotopic (exact) mass is 181 g/mol. The Morgan fingerprint density at radius 2 is 2.23 bits per heavy atom. The second-order valence-corrected chi connectivity index (χ2v) is 3.63. The Morgan fingerprint density at radius 3 is 2.77 bits per heavy atom. The average molecular weight is 181 g/mol. The zero-order valence-corrected chi connectivity index (χ0v) is 8.96. The molecule has 3 nitrogen and oxygen atoms in total. The minimum Gasteiger partial charge on any atom is -0.309 e. The summed E-state index contributed by atoms with van der Waals surface area (Å²) in [4.78, 5) is 0. The summed E-state index contributed by atoms with van der Waals surface area (Å²) in [5.74, 6) is 0. The van der Waals surface area contributed by atoms with Crippen molar-refractivity contribution in [3.05, 3.63) is 17.5 Å². The van der Waals surface area contributed by atoms with E-state index in [2.05, 4.69) is 37.3 Å². The van der Waals surface area contributed by atoms with E-state index >= 15 is 0 Å². The van der Waals surface area contributed by atoms with Gasteiger partial charge in [0.1, 0.15) is 0 Å². The Balaban J connectivity index is 2.64. The minimum absolute atomic E-state index is 0.528. The Labute approximate surface area is 80.1 Å². The first-order chi connectivity index (χ1) is 6.13. The molecular weight excluding hydrogens is 162 g/mol. The van der Waals surface area contributed by atoms with E-state index in [1.165, 1.54) is 5.69 Å². The number of nitrogens with zero attached hydrogens (tertiary/aromatic N) is 2. The van der Waals surface area contributed by atoms with E-state index in [1.807, 2.05) is 11.6 Å². The maximum absolute atomic E-state index is 4.38. The number of aryl methyl sites for hydroxylation is 2. The first-order valence-electron chi connectivity index (χ1n) is 4.90. The predicted octanol–water partition coefficient (Wildman–Crippen LogP) is 1.71. The third-order valence-electron chi connectivity index (χ3n) is 1.98. The van der Waals surface area contributed by atoms with Gasteiger partial charge in [0.05, 0.1) is 11.4 Å². The highest BCUT2D eigenvalue weighted by atomic mass is 15.3. The van der Waals surface area contributed by atoms with E-state index in [9.17, 15) is 0 Å². The van der Waals surface area contributed by atoms with Gasteiger partial charge in [-0.2, -0.15) is 5.10 Å². The van der Waals surface area contributed by atoms with Crippen LogP contribution in [0.15, 0.2) is 6.07 Å². The summed E-state index contributed by atoms with van der Waals surface area (Å²) >= 11 is 0. The molecule has 1 aromatic heterocycles. The van der Waals surface area contributed by atoms with Gasteiger partial charge in [0.25, 0.3) is 0 Å². The summed E-state index contributed by atoms with van der Waals surface area (Å²) in [5, 5.41) is 7.77. The number of hydrogen-bond donors (Lipinski definition) is 1. The summed E-state index contributed by atoms with van der Waals surface area (Å²) in [6, 6.07) is 2.67. The molecule has 1 rings (SSSR count). The predicted molar refractivity (Wildman–Crippen MR) is 54.6 cm³/mol. The lowest BCUT2D eigenvalue weighted by Gasteiger charge is -2.08. The lowest BCUT2D eigenvalue weighted by atomic mass is 10.3. The molecule has 0 aliphatic rings. The normalized spacial score (nSPS) is 11.2. The van der Waals surface area contributed by atoms with Crippen LogP contribution < -0.4 is 5.32 Å². The van der Waals surface area contributed by atoms with E-state index in [4.69, 9.17) is 0 Å². The lowest BCUT2D eigenvalue weighted by Crippen LogP contribution is -2.23. The first kappa shape index (κ1) is 10.3. The molecule has 0 aliphatic heterocycles. The van der Waals surface area contributed by atoms with Crippen molar-refractivity contribution >= 4 is 0 Å². The Hall–Kier alpha value is -0.830. The summed E-state index contributed by atoms with van der Waals surface area (Å²) in [7, 11) is 0. The largest absolute Gasteiger partial charge is 0.309 e. The molecule has 0 radical (unpaired) electrons. The molecule has 0 aliphatic carbocycles. The van der Waals surface area contributed by atoms with Gasteiger partial charge in [0, 0.05) is 19.1 Å². The molecule has 1 aromatic rings.